The molecule has 0 saturated carbocycles. The van der Waals surface area contributed by atoms with E-state index in [9.17, 15) is 14.4 Å². The van der Waals surface area contributed by atoms with E-state index < -0.39 is 11.8 Å². The van der Waals surface area contributed by atoms with Crippen molar-refractivity contribution in [2.24, 2.45) is 0 Å². The summed E-state index contributed by atoms with van der Waals surface area (Å²) in [6.07, 6.45) is 1.62. The number of pyridine rings is 1. The first-order valence-electron chi connectivity index (χ1n) is 8.38. The number of nitrogens with one attached hydrogen (secondary N) is 3. The van der Waals surface area contributed by atoms with Gasteiger partial charge in [0.1, 0.15) is 12.2 Å². The molecule has 27 heavy (non-hydrogen) atoms. The Bertz CT molecular complexity index is 1150. The number of fused-ring (bicyclic) bond motifs is 2. The molecule has 2 aromatic carbocycles. The molecule has 2 amide bonds. The average Bonchev–Trinajstić information content (AvgIpc) is 3.24. The van der Waals surface area contributed by atoms with E-state index >= 15 is 0 Å². The van der Waals surface area contributed by atoms with E-state index in [0.29, 0.717) is 27.5 Å². The van der Waals surface area contributed by atoms with E-state index in [4.69, 9.17) is 0 Å². The molecule has 134 valence electrons. The van der Waals surface area contributed by atoms with Crippen LogP contribution in [0.4, 0.5) is 0 Å². The van der Waals surface area contributed by atoms with Gasteiger partial charge in [0.15, 0.2) is 5.43 Å². The van der Waals surface area contributed by atoms with Gasteiger partial charge in [0.25, 0.3) is 11.8 Å². The van der Waals surface area contributed by atoms with E-state index in [1.54, 1.807) is 59.3 Å². The fraction of sp³-hybridized carbons (Fsp3) is 0.0500. The first kappa shape index (κ1) is 16.6. The second-order valence-corrected chi connectivity index (χ2v) is 6.04. The monoisotopic (exact) mass is 360 g/mol. The topological polar surface area (TPSA) is 96.0 Å². The van der Waals surface area contributed by atoms with Crippen LogP contribution < -0.4 is 16.3 Å². The molecule has 4 rings (SSSR count). The molecule has 0 spiro atoms. The third-order valence-electron chi connectivity index (χ3n) is 4.34. The van der Waals surface area contributed by atoms with Gasteiger partial charge in [-0.05, 0) is 36.4 Å². The molecule has 0 aliphatic heterocycles. The molecule has 0 bridgehead atoms. The molecule has 7 nitrogen and oxygen atoms in total. The molecule has 0 aliphatic carbocycles. The van der Waals surface area contributed by atoms with Crippen molar-refractivity contribution in [2.75, 3.05) is 0 Å². The zero-order chi connectivity index (χ0) is 18.8. The molecule has 3 N–H and O–H groups in total. The summed E-state index contributed by atoms with van der Waals surface area (Å²) in [6, 6.07) is 17.6. The zero-order valence-corrected chi connectivity index (χ0v) is 14.2. The number of aromatic nitrogens is 2. The molecular formula is C20H16N4O3. The van der Waals surface area contributed by atoms with Crippen LogP contribution in [0.15, 0.2) is 71.7 Å². The summed E-state index contributed by atoms with van der Waals surface area (Å²) in [6.45, 7) is -0.0493. The molecule has 0 atom stereocenters. The molecule has 2 heterocycles. The summed E-state index contributed by atoms with van der Waals surface area (Å²) in [4.78, 5) is 39.8. The first-order chi connectivity index (χ1) is 13.1. The van der Waals surface area contributed by atoms with E-state index in [2.05, 4.69) is 15.8 Å². The predicted octanol–water partition coefficient (Wildman–Crippen LogP) is 1.94. The molecule has 7 heteroatoms. The average molecular weight is 360 g/mol. The summed E-state index contributed by atoms with van der Waals surface area (Å²) in [5.74, 6) is -0.850. The van der Waals surface area contributed by atoms with E-state index in [0.717, 1.165) is 0 Å². The number of nitrogens with zero attached hydrogens (tertiary/aromatic N) is 1. The quantitative estimate of drug-likeness (QED) is 0.385. The highest BCUT2D eigenvalue weighted by atomic mass is 16.2. The number of hydrazine groups is 1. The highest BCUT2D eigenvalue weighted by Gasteiger charge is 2.13. The van der Waals surface area contributed by atoms with Crippen molar-refractivity contribution in [3.8, 4) is 0 Å². The Hall–Kier alpha value is -3.87. The Kier molecular flexibility index (Phi) is 4.18. The van der Waals surface area contributed by atoms with Gasteiger partial charge in [0.2, 0.25) is 0 Å². The summed E-state index contributed by atoms with van der Waals surface area (Å²) >= 11 is 0. The van der Waals surface area contributed by atoms with Crippen LogP contribution in [-0.2, 0) is 11.3 Å². The van der Waals surface area contributed by atoms with E-state index in [1.807, 2.05) is 12.1 Å². The Morgan fingerprint density at radius 1 is 0.852 bits per heavy atom. The van der Waals surface area contributed by atoms with Crippen molar-refractivity contribution in [1.82, 2.24) is 20.4 Å². The third kappa shape index (κ3) is 3.06. The van der Waals surface area contributed by atoms with Crippen LogP contribution in [0.25, 0.3) is 21.8 Å². The smallest absolute Gasteiger partial charge is 0.286 e. The van der Waals surface area contributed by atoms with Crippen LogP contribution in [0.1, 0.15) is 10.5 Å². The van der Waals surface area contributed by atoms with Gasteiger partial charge in [-0.15, -0.1) is 0 Å². The number of rotatable bonds is 3. The van der Waals surface area contributed by atoms with Crippen LogP contribution in [0.5, 0.6) is 0 Å². The fourth-order valence-corrected chi connectivity index (χ4v) is 3.10. The number of aromatic amines is 1. The largest absolute Gasteiger partial charge is 0.357 e. The van der Waals surface area contributed by atoms with Crippen LogP contribution in [0, 0.1) is 0 Å². The summed E-state index contributed by atoms with van der Waals surface area (Å²) in [5, 5.41) is 1.08. The number of hydrogen-bond acceptors (Lipinski definition) is 3. The summed E-state index contributed by atoms with van der Waals surface area (Å²) in [5.41, 5.74) is 6.36. The highest BCUT2D eigenvalue weighted by molar-refractivity contribution is 5.96. The standard InChI is InChI=1S/C20H16N4O3/c25-18(22-23-20(27)15-8-5-11-21-15)12-24-16-9-3-1-6-13(16)19(26)14-7-2-4-10-17(14)24/h1-11,21H,12H2,(H,22,25)(H,23,27). The SMILES string of the molecule is O=C(Cn1c2ccccc2c(=O)c2ccccc21)NNC(=O)c1ccc[nH]1. The minimum absolute atomic E-state index is 0.0493. The van der Waals surface area contributed by atoms with Crippen LogP contribution in [-0.4, -0.2) is 21.4 Å². The molecule has 2 aromatic heterocycles. The van der Waals surface area contributed by atoms with Gasteiger partial charge in [0, 0.05) is 17.0 Å². The minimum atomic E-state index is -0.442. The normalized spacial score (nSPS) is 10.8. The van der Waals surface area contributed by atoms with Gasteiger partial charge in [-0.1, -0.05) is 24.3 Å². The summed E-state index contributed by atoms with van der Waals surface area (Å²) < 4.78 is 1.77. The third-order valence-corrected chi connectivity index (χ3v) is 4.34. The van der Waals surface area contributed by atoms with E-state index in [-0.39, 0.29) is 12.0 Å². The number of H-pyrrole nitrogens is 1. The van der Waals surface area contributed by atoms with Crippen molar-refractivity contribution in [1.29, 1.82) is 0 Å². The van der Waals surface area contributed by atoms with Gasteiger partial charge in [-0.3, -0.25) is 25.2 Å². The molecule has 4 aromatic rings. The lowest BCUT2D eigenvalue weighted by atomic mass is 10.1. The number of amides is 2. The van der Waals surface area contributed by atoms with E-state index in [1.165, 1.54) is 0 Å². The number of para-hydroxylation sites is 2. The van der Waals surface area contributed by atoms with Gasteiger partial charge >= 0.3 is 0 Å². The Balaban J connectivity index is 1.66. The van der Waals surface area contributed by atoms with Gasteiger partial charge in [0.05, 0.1) is 11.0 Å². The predicted molar refractivity (Wildman–Crippen MR) is 102 cm³/mol. The fourth-order valence-electron chi connectivity index (χ4n) is 3.10. The molecule has 0 saturated heterocycles. The lowest BCUT2D eigenvalue weighted by Crippen LogP contribution is -2.43. The van der Waals surface area contributed by atoms with Crippen molar-refractivity contribution < 1.29 is 9.59 Å². The first-order valence-corrected chi connectivity index (χ1v) is 8.38. The second-order valence-electron chi connectivity index (χ2n) is 6.04. The van der Waals surface area contributed by atoms with Crippen molar-refractivity contribution in [3.63, 3.8) is 0 Å². The van der Waals surface area contributed by atoms with Gasteiger partial charge in [-0.25, -0.2) is 0 Å². The zero-order valence-electron chi connectivity index (χ0n) is 14.2. The Morgan fingerprint density at radius 2 is 1.48 bits per heavy atom. The van der Waals surface area contributed by atoms with Gasteiger partial charge < -0.3 is 9.55 Å². The Morgan fingerprint density at radius 3 is 2.07 bits per heavy atom. The molecule has 0 unspecified atom stereocenters. The van der Waals surface area contributed by atoms with Crippen molar-refractivity contribution >= 4 is 33.6 Å². The summed E-state index contributed by atoms with van der Waals surface area (Å²) in [7, 11) is 0. The molecule has 0 radical (unpaired) electrons. The molecule has 0 aliphatic rings. The van der Waals surface area contributed by atoms with Crippen LogP contribution in [0.2, 0.25) is 0 Å². The maximum atomic E-state index is 12.7. The Labute approximate surface area is 153 Å². The maximum absolute atomic E-state index is 12.7. The molecular weight excluding hydrogens is 344 g/mol. The lowest BCUT2D eigenvalue weighted by molar-refractivity contribution is -0.122. The highest BCUT2D eigenvalue weighted by Crippen LogP contribution is 2.18. The maximum Gasteiger partial charge on any atom is 0.286 e. The van der Waals surface area contributed by atoms with Crippen LogP contribution in [0.3, 0.4) is 0 Å². The lowest BCUT2D eigenvalue weighted by Gasteiger charge is -2.15. The van der Waals surface area contributed by atoms with Crippen molar-refractivity contribution in [2.45, 2.75) is 6.54 Å². The van der Waals surface area contributed by atoms with Crippen LogP contribution >= 0.6 is 0 Å². The van der Waals surface area contributed by atoms with Crippen molar-refractivity contribution in [3.05, 3.63) is 82.8 Å². The number of carbonyl (C=O) groups excluding carboxylic acids is 2. The molecule has 0 fully saturated rings. The number of benzene rings is 2. The second kappa shape index (κ2) is 6.80. The van der Waals surface area contributed by atoms with Gasteiger partial charge in [-0.2, -0.15) is 0 Å². The minimum Gasteiger partial charge on any atom is -0.357 e. The number of hydrogen-bond donors (Lipinski definition) is 3. The number of carbonyl (C=O) groups is 2.